The van der Waals surface area contributed by atoms with Crippen LogP contribution in [0.5, 0.6) is 0 Å². The highest BCUT2D eigenvalue weighted by atomic mass is 35.5. The number of carbonyl (C=O) groups is 1. The molecule has 0 aliphatic rings. The molecular formula is C15H18ClN3OS. The molecule has 1 unspecified atom stereocenters. The van der Waals surface area contributed by atoms with Crippen molar-refractivity contribution < 1.29 is 4.79 Å². The van der Waals surface area contributed by atoms with Gasteiger partial charge in [0.15, 0.2) is 0 Å². The summed E-state index contributed by atoms with van der Waals surface area (Å²) in [5, 5.41) is 8.40. The Morgan fingerprint density at radius 2 is 2.24 bits per heavy atom. The molecule has 0 aromatic carbocycles. The second-order valence-corrected chi connectivity index (χ2v) is 6.15. The number of thiophene rings is 1. The van der Waals surface area contributed by atoms with Gasteiger partial charge in [0.1, 0.15) is 11.5 Å². The van der Waals surface area contributed by atoms with Crippen LogP contribution in [0.3, 0.4) is 0 Å². The highest BCUT2D eigenvalue weighted by Crippen LogP contribution is 2.17. The van der Waals surface area contributed by atoms with E-state index >= 15 is 0 Å². The molecule has 0 radical (unpaired) electrons. The van der Waals surface area contributed by atoms with E-state index in [9.17, 15) is 4.79 Å². The summed E-state index contributed by atoms with van der Waals surface area (Å²) < 4.78 is 0. The van der Waals surface area contributed by atoms with Crippen LogP contribution in [-0.4, -0.2) is 23.5 Å². The lowest BCUT2D eigenvalue weighted by molar-refractivity contribution is 0.0935. The minimum atomic E-state index is -0.246. The van der Waals surface area contributed by atoms with Gasteiger partial charge in [-0.15, -0.1) is 11.3 Å². The molecule has 0 saturated heterocycles. The normalized spacial score (nSPS) is 12.0. The molecule has 112 valence electrons. The monoisotopic (exact) mass is 323 g/mol. The highest BCUT2D eigenvalue weighted by Gasteiger charge is 2.16. The van der Waals surface area contributed by atoms with E-state index in [1.807, 2.05) is 25.3 Å². The third-order valence-electron chi connectivity index (χ3n) is 2.88. The number of carbonyl (C=O) groups excluding carboxylic acids is 1. The number of hydrogen-bond acceptors (Lipinski definition) is 4. The minimum absolute atomic E-state index is 0.0248. The molecule has 2 rings (SSSR count). The van der Waals surface area contributed by atoms with Crippen molar-refractivity contribution in [1.29, 1.82) is 0 Å². The fourth-order valence-electron chi connectivity index (χ4n) is 1.95. The van der Waals surface area contributed by atoms with Crippen molar-refractivity contribution in [3.05, 3.63) is 45.2 Å². The number of nitrogens with one attached hydrogen (secondary N) is 2. The van der Waals surface area contributed by atoms with Gasteiger partial charge in [0.2, 0.25) is 0 Å². The van der Waals surface area contributed by atoms with Crippen LogP contribution in [-0.2, 0) is 6.42 Å². The Bertz CT molecular complexity index is 601. The first-order valence-corrected chi connectivity index (χ1v) is 8.09. The van der Waals surface area contributed by atoms with Crippen molar-refractivity contribution in [2.45, 2.75) is 26.3 Å². The first-order chi connectivity index (χ1) is 10.1. The van der Waals surface area contributed by atoms with E-state index in [1.54, 1.807) is 23.5 Å². The van der Waals surface area contributed by atoms with Gasteiger partial charge in [-0.05, 0) is 37.4 Å². The maximum atomic E-state index is 12.3. The zero-order valence-electron chi connectivity index (χ0n) is 12.0. The average Bonchev–Trinajstić information content (AvgIpc) is 2.93. The van der Waals surface area contributed by atoms with Crippen LogP contribution in [0.1, 0.15) is 29.2 Å². The van der Waals surface area contributed by atoms with Crippen LogP contribution in [0.2, 0.25) is 5.02 Å². The Labute approximate surface area is 133 Å². The summed E-state index contributed by atoms with van der Waals surface area (Å²) in [5.41, 5.74) is 0.258. The molecule has 2 aromatic heterocycles. The third kappa shape index (κ3) is 4.44. The van der Waals surface area contributed by atoms with Crippen LogP contribution in [0.15, 0.2) is 29.6 Å². The third-order valence-corrected chi connectivity index (χ3v) is 4.09. The van der Waals surface area contributed by atoms with Crippen molar-refractivity contribution in [2.24, 2.45) is 0 Å². The Morgan fingerprint density at radius 1 is 1.43 bits per heavy atom. The Morgan fingerprint density at radius 3 is 2.90 bits per heavy atom. The molecule has 2 heterocycles. The van der Waals surface area contributed by atoms with E-state index in [0.717, 1.165) is 13.0 Å². The second-order valence-electron chi connectivity index (χ2n) is 4.72. The zero-order chi connectivity index (χ0) is 15.2. The first-order valence-electron chi connectivity index (χ1n) is 6.83. The highest BCUT2D eigenvalue weighted by molar-refractivity contribution is 7.09. The van der Waals surface area contributed by atoms with Crippen LogP contribution >= 0.6 is 22.9 Å². The fraction of sp³-hybridized carbons (Fsp3) is 0.333. The fourth-order valence-corrected chi connectivity index (χ4v) is 2.98. The lowest BCUT2D eigenvalue weighted by Gasteiger charge is -2.14. The topological polar surface area (TPSA) is 54.0 Å². The van der Waals surface area contributed by atoms with Gasteiger partial charge in [-0.2, -0.15) is 0 Å². The van der Waals surface area contributed by atoms with Gasteiger partial charge in [0.05, 0.1) is 5.02 Å². The van der Waals surface area contributed by atoms with Gasteiger partial charge in [-0.25, -0.2) is 4.98 Å². The van der Waals surface area contributed by atoms with Gasteiger partial charge in [0, 0.05) is 23.9 Å². The lowest BCUT2D eigenvalue weighted by Crippen LogP contribution is -2.34. The number of halogens is 1. The van der Waals surface area contributed by atoms with E-state index in [4.69, 9.17) is 11.6 Å². The van der Waals surface area contributed by atoms with Crippen LogP contribution < -0.4 is 10.6 Å². The SMILES string of the molecule is CCNc1ccc(Cl)c(C(=O)NC(C)Cc2cccs2)n1. The van der Waals surface area contributed by atoms with Gasteiger partial charge in [0.25, 0.3) is 5.91 Å². The summed E-state index contributed by atoms with van der Waals surface area (Å²) in [4.78, 5) is 17.8. The molecule has 0 aliphatic heterocycles. The maximum Gasteiger partial charge on any atom is 0.271 e. The van der Waals surface area contributed by atoms with Crippen molar-refractivity contribution in [3.63, 3.8) is 0 Å². The molecule has 0 fully saturated rings. The number of hydrogen-bond donors (Lipinski definition) is 2. The van der Waals surface area contributed by atoms with E-state index < -0.39 is 0 Å². The number of pyridine rings is 1. The van der Waals surface area contributed by atoms with Crippen molar-refractivity contribution in [1.82, 2.24) is 10.3 Å². The van der Waals surface area contributed by atoms with E-state index in [1.165, 1.54) is 4.88 Å². The Hall–Kier alpha value is -1.59. The zero-order valence-corrected chi connectivity index (χ0v) is 13.6. The lowest BCUT2D eigenvalue weighted by atomic mass is 10.2. The Kier molecular flexibility index (Phi) is 5.59. The molecular weight excluding hydrogens is 306 g/mol. The summed E-state index contributed by atoms with van der Waals surface area (Å²) in [5.74, 6) is 0.404. The molecule has 0 aliphatic carbocycles. The molecule has 1 atom stereocenters. The summed E-state index contributed by atoms with van der Waals surface area (Å²) in [6.07, 6.45) is 0.800. The predicted molar refractivity (Wildman–Crippen MR) is 88.4 cm³/mol. The molecule has 2 aromatic rings. The number of rotatable bonds is 6. The van der Waals surface area contributed by atoms with Gasteiger partial charge in [-0.3, -0.25) is 4.79 Å². The molecule has 2 N–H and O–H groups in total. The summed E-state index contributed by atoms with van der Waals surface area (Å²) in [6, 6.07) is 7.54. The molecule has 6 heteroatoms. The molecule has 1 amide bonds. The molecule has 4 nitrogen and oxygen atoms in total. The van der Waals surface area contributed by atoms with E-state index in [-0.39, 0.29) is 17.6 Å². The van der Waals surface area contributed by atoms with Gasteiger partial charge in [-0.1, -0.05) is 17.7 Å². The number of amides is 1. The van der Waals surface area contributed by atoms with Gasteiger partial charge >= 0.3 is 0 Å². The summed E-state index contributed by atoms with van der Waals surface area (Å²) in [6.45, 7) is 4.68. The maximum absolute atomic E-state index is 12.3. The average molecular weight is 324 g/mol. The van der Waals surface area contributed by atoms with Gasteiger partial charge < -0.3 is 10.6 Å². The van der Waals surface area contributed by atoms with E-state index in [0.29, 0.717) is 10.8 Å². The molecule has 21 heavy (non-hydrogen) atoms. The number of aromatic nitrogens is 1. The van der Waals surface area contributed by atoms with Crippen molar-refractivity contribution >= 4 is 34.7 Å². The first kappa shape index (κ1) is 15.8. The smallest absolute Gasteiger partial charge is 0.271 e. The van der Waals surface area contributed by atoms with Crippen molar-refractivity contribution in [2.75, 3.05) is 11.9 Å². The predicted octanol–water partition coefficient (Wildman–Crippen LogP) is 3.59. The molecule has 0 saturated carbocycles. The Balaban J connectivity index is 2.03. The van der Waals surface area contributed by atoms with E-state index in [2.05, 4.69) is 21.7 Å². The largest absolute Gasteiger partial charge is 0.370 e. The number of anilines is 1. The second kappa shape index (κ2) is 7.43. The number of nitrogens with zero attached hydrogens (tertiary/aromatic N) is 1. The minimum Gasteiger partial charge on any atom is -0.370 e. The quantitative estimate of drug-likeness (QED) is 0.854. The van der Waals surface area contributed by atoms with Crippen LogP contribution in [0.4, 0.5) is 5.82 Å². The summed E-state index contributed by atoms with van der Waals surface area (Å²) in [7, 11) is 0. The summed E-state index contributed by atoms with van der Waals surface area (Å²) >= 11 is 7.75. The molecule has 0 spiro atoms. The van der Waals surface area contributed by atoms with Crippen molar-refractivity contribution in [3.8, 4) is 0 Å². The standard InChI is InChI=1S/C15H18ClN3OS/c1-3-17-13-7-6-12(16)14(19-13)15(20)18-10(2)9-11-5-4-8-21-11/h4-8,10H,3,9H2,1-2H3,(H,17,19)(H,18,20). The van der Waals surface area contributed by atoms with Crippen LogP contribution in [0, 0.1) is 0 Å². The van der Waals surface area contributed by atoms with Crippen LogP contribution in [0.25, 0.3) is 0 Å². The molecule has 0 bridgehead atoms.